The fraction of sp³-hybridized carbons (Fsp3) is 0.407. The van der Waals surface area contributed by atoms with E-state index in [0.717, 1.165) is 0 Å². The van der Waals surface area contributed by atoms with Gasteiger partial charge in [0.25, 0.3) is 0 Å². The van der Waals surface area contributed by atoms with Crippen molar-refractivity contribution in [2.24, 2.45) is 5.41 Å². The highest BCUT2D eigenvalue weighted by Crippen LogP contribution is 2.41. The number of nitrogens with zero attached hydrogens (tertiary/aromatic N) is 2. The van der Waals surface area contributed by atoms with Gasteiger partial charge in [-0.05, 0) is 57.0 Å². The van der Waals surface area contributed by atoms with Crippen LogP contribution in [0.4, 0.5) is 13.2 Å². The molecule has 1 aliphatic heterocycles. The van der Waals surface area contributed by atoms with Crippen LogP contribution >= 0.6 is 11.6 Å². The molecule has 1 saturated heterocycles. The number of hydrogen-bond acceptors (Lipinski definition) is 6. The predicted octanol–water partition coefficient (Wildman–Crippen LogP) is 5.37. The first-order valence-electron chi connectivity index (χ1n) is 12.2. The monoisotopic (exact) mass is 552 g/mol. The summed E-state index contributed by atoms with van der Waals surface area (Å²) in [6.45, 7) is 1.12. The number of aliphatic carboxylic acids is 1. The van der Waals surface area contributed by atoms with E-state index in [2.05, 4.69) is 4.98 Å². The average Bonchev–Trinajstić information content (AvgIpc) is 2.89. The number of carboxylic acid groups (broad SMARTS) is 1. The molecule has 0 saturated carbocycles. The number of carbonyl (C=O) groups is 1. The molecule has 3 aromatic rings. The van der Waals surface area contributed by atoms with Gasteiger partial charge >= 0.3 is 5.97 Å². The van der Waals surface area contributed by atoms with Crippen molar-refractivity contribution in [3.05, 3.63) is 64.6 Å². The summed E-state index contributed by atoms with van der Waals surface area (Å²) >= 11 is 6.39. The summed E-state index contributed by atoms with van der Waals surface area (Å²) < 4.78 is 51.1. The number of aromatic nitrogens is 1. The van der Waals surface area contributed by atoms with Crippen LogP contribution in [0.25, 0.3) is 10.9 Å². The number of ether oxygens (including phenoxy) is 2. The van der Waals surface area contributed by atoms with Gasteiger partial charge < -0.3 is 19.7 Å². The smallest absolute Gasteiger partial charge is 0.309 e. The van der Waals surface area contributed by atoms with Gasteiger partial charge in [-0.25, -0.2) is 13.2 Å². The molecule has 1 aliphatic rings. The zero-order valence-corrected chi connectivity index (χ0v) is 21.5. The minimum absolute atomic E-state index is 0.0463. The quantitative estimate of drug-likeness (QED) is 0.349. The average molecular weight is 553 g/mol. The van der Waals surface area contributed by atoms with E-state index >= 15 is 0 Å². The van der Waals surface area contributed by atoms with E-state index in [1.165, 1.54) is 13.3 Å². The van der Waals surface area contributed by atoms with Gasteiger partial charge in [-0.15, -0.1) is 0 Å². The highest BCUT2D eigenvalue weighted by molar-refractivity contribution is 6.32. The Bertz CT molecular complexity index is 1290. The summed E-state index contributed by atoms with van der Waals surface area (Å²) in [5.41, 5.74) is 0.0691. The molecule has 0 aliphatic carbocycles. The molecule has 0 spiro atoms. The first-order valence-corrected chi connectivity index (χ1v) is 12.5. The number of aliphatic hydroxyl groups excluding tert-OH is 1. The van der Waals surface area contributed by atoms with E-state index in [-0.39, 0.29) is 24.5 Å². The van der Waals surface area contributed by atoms with Gasteiger partial charge in [0.15, 0.2) is 17.4 Å². The molecule has 4 rings (SSSR count). The Hall–Kier alpha value is -3.08. The van der Waals surface area contributed by atoms with E-state index in [0.29, 0.717) is 66.8 Å². The zero-order valence-electron chi connectivity index (χ0n) is 20.7. The van der Waals surface area contributed by atoms with Crippen LogP contribution in [0.5, 0.6) is 11.5 Å². The van der Waals surface area contributed by atoms with Crippen LogP contribution in [0.15, 0.2) is 36.5 Å². The van der Waals surface area contributed by atoms with Crippen molar-refractivity contribution >= 4 is 28.5 Å². The molecular weight excluding hydrogens is 525 g/mol. The Kier molecular flexibility index (Phi) is 8.64. The third-order valence-corrected chi connectivity index (χ3v) is 7.48. The van der Waals surface area contributed by atoms with Gasteiger partial charge in [0.2, 0.25) is 0 Å². The highest BCUT2D eigenvalue weighted by Gasteiger charge is 2.41. The molecule has 0 unspecified atom stereocenters. The van der Waals surface area contributed by atoms with Crippen molar-refractivity contribution < 1.29 is 37.7 Å². The first kappa shape index (κ1) is 27.9. The summed E-state index contributed by atoms with van der Waals surface area (Å²) in [4.78, 5) is 18.5. The van der Waals surface area contributed by atoms with Crippen LogP contribution in [0.1, 0.15) is 37.4 Å². The van der Waals surface area contributed by atoms with Crippen LogP contribution in [-0.4, -0.2) is 59.4 Å². The molecule has 1 aromatic heterocycles. The molecule has 1 fully saturated rings. The normalized spacial score (nSPS) is 16.4. The highest BCUT2D eigenvalue weighted by atomic mass is 35.5. The van der Waals surface area contributed by atoms with Crippen LogP contribution in [-0.2, 0) is 4.79 Å². The molecule has 204 valence electrons. The van der Waals surface area contributed by atoms with Gasteiger partial charge in [0, 0.05) is 35.8 Å². The molecule has 0 bridgehead atoms. The second-order valence-electron chi connectivity index (χ2n) is 9.43. The Labute approximate surface area is 222 Å². The number of fused-ring (bicyclic) bond motifs is 1. The summed E-state index contributed by atoms with van der Waals surface area (Å²) in [7, 11) is 1.53. The van der Waals surface area contributed by atoms with E-state index < -0.39 is 40.7 Å². The topological polar surface area (TPSA) is 92.1 Å². The van der Waals surface area contributed by atoms with Gasteiger partial charge in [0.05, 0.1) is 29.2 Å². The number of piperidine rings is 1. The lowest BCUT2D eigenvalue weighted by Crippen LogP contribution is -2.45. The minimum atomic E-state index is -1.12. The Morgan fingerprint density at radius 2 is 1.87 bits per heavy atom. The van der Waals surface area contributed by atoms with Crippen LogP contribution in [0.2, 0.25) is 5.02 Å². The van der Waals surface area contributed by atoms with Gasteiger partial charge in [-0.3, -0.25) is 14.7 Å². The van der Waals surface area contributed by atoms with E-state index in [4.69, 9.17) is 21.1 Å². The molecule has 0 amide bonds. The molecule has 38 heavy (non-hydrogen) atoms. The fourth-order valence-corrected chi connectivity index (χ4v) is 5.19. The molecular formula is C27H28ClF3N2O5. The Balaban J connectivity index is 1.37. The maximum absolute atomic E-state index is 13.8. The molecule has 2 heterocycles. The lowest BCUT2D eigenvalue weighted by molar-refractivity contribution is -0.153. The van der Waals surface area contributed by atoms with Crippen LogP contribution < -0.4 is 9.47 Å². The van der Waals surface area contributed by atoms with Crippen molar-refractivity contribution in [1.82, 2.24) is 9.88 Å². The second-order valence-corrected chi connectivity index (χ2v) is 9.84. The maximum Gasteiger partial charge on any atom is 0.309 e. The lowest BCUT2D eigenvalue weighted by atomic mass is 9.74. The number of benzene rings is 2. The predicted molar refractivity (Wildman–Crippen MR) is 135 cm³/mol. The third-order valence-electron chi connectivity index (χ3n) is 7.18. The number of halogens is 4. The van der Waals surface area contributed by atoms with E-state index in [1.807, 2.05) is 4.90 Å². The number of aliphatic hydroxyl groups is 1. The number of methoxy groups -OCH3 is 1. The van der Waals surface area contributed by atoms with E-state index in [9.17, 15) is 28.2 Å². The molecule has 7 nitrogen and oxygen atoms in total. The number of rotatable bonds is 10. The van der Waals surface area contributed by atoms with Gasteiger partial charge in [0.1, 0.15) is 18.2 Å². The van der Waals surface area contributed by atoms with Crippen molar-refractivity contribution in [3.8, 4) is 11.5 Å². The minimum Gasteiger partial charge on any atom is -0.497 e. The van der Waals surface area contributed by atoms with Crippen LogP contribution in [0.3, 0.4) is 0 Å². The largest absolute Gasteiger partial charge is 0.497 e. The summed E-state index contributed by atoms with van der Waals surface area (Å²) in [5.74, 6) is -4.27. The van der Waals surface area contributed by atoms with E-state index in [1.54, 1.807) is 18.2 Å². The zero-order chi connectivity index (χ0) is 27.4. The molecule has 1 atom stereocenters. The number of hydrogen-bond donors (Lipinski definition) is 2. The SMILES string of the molecule is COc1ccc2ncc(Cl)c([C@H](O)CCC3(C(=O)O)CCN(CCOc4c(F)cc(F)cc4F)CC3)c2c1. The van der Waals surface area contributed by atoms with Gasteiger partial charge in [-0.2, -0.15) is 0 Å². The molecule has 2 N–H and O–H groups in total. The lowest BCUT2D eigenvalue weighted by Gasteiger charge is -2.39. The Morgan fingerprint density at radius 3 is 2.50 bits per heavy atom. The number of likely N-dealkylation sites (tertiary alicyclic amines) is 1. The standard InChI is InChI=1S/C27H28ClF3N2O5/c1-37-17-2-3-22-18(14-17)24(19(28)15-32-22)23(34)4-5-27(26(35)36)6-8-33(9-7-27)10-11-38-25-20(30)12-16(29)13-21(25)31/h2-3,12-15,23,34H,4-11H2,1H3,(H,35,36)/t23-/m1/s1. The molecule has 2 aromatic carbocycles. The molecule has 11 heteroatoms. The summed E-state index contributed by atoms with van der Waals surface area (Å²) in [6, 6.07) is 6.35. The maximum atomic E-state index is 13.8. The number of pyridine rings is 1. The summed E-state index contributed by atoms with van der Waals surface area (Å²) in [5, 5.41) is 22.1. The van der Waals surface area contributed by atoms with Crippen molar-refractivity contribution in [3.63, 3.8) is 0 Å². The number of carboxylic acids is 1. The van der Waals surface area contributed by atoms with Crippen LogP contribution in [0, 0.1) is 22.9 Å². The van der Waals surface area contributed by atoms with Crippen molar-refractivity contribution in [2.45, 2.75) is 31.8 Å². The second kappa shape index (κ2) is 11.8. The molecule has 0 radical (unpaired) electrons. The van der Waals surface area contributed by atoms with Crippen molar-refractivity contribution in [1.29, 1.82) is 0 Å². The Morgan fingerprint density at radius 1 is 1.18 bits per heavy atom. The van der Waals surface area contributed by atoms with Gasteiger partial charge in [-0.1, -0.05) is 11.6 Å². The first-order chi connectivity index (χ1) is 18.1. The van der Waals surface area contributed by atoms with Crippen molar-refractivity contribution in [2.75, 3.05) is 33.4 Å². The fourth-order valence-electron chi connectivity index (χ4n) is 4.91. The summed E-state index contributed by atoms with van der Waals surface area (Å²) in [6.07, 6.45) is 1.51. The third kappa shape index (κ3) is 5.98.